The molecule has 37 heavy (non-hydrogen) atoms. The summed E-state index contributed by atoms with van der Waals surface area (Å²) < 4.78 is 5.78. The molecule has 0 fully saturated rings. The van der Waals surface area contributed by atoms with E-state index in [-0.39, 0.29) is 18.3 Å². The van der Waals surface area contributed by atoms with Crippen LogP contribution in [0.2, 0.25) is 0 Å². The van der Waals surface area contributed by atoms with Crippen LogP contribution >= 0.6 is 0 Å². The van der Waals surface area contributed by atoms with Crippen LogP contribution in [0.5, 0.6) is 0 Å². The van der Waals surface area contributed by atoms with Crippen molar-refractivity contribution in [3.05, 3.63) is 124 Å². The van der Waals surface area contributed by atoms with E-state index in [1.54, 1.807) is 0 Å². The van der Waals surface area contributed by atoms with E-state index in [1.807, 2.05) is 98.7 Å². The largest absolute Gasteiger partial charge is 0.457 e. The van der Waals surface area contributed by atoms with Crippen LogP contribution in [0, 0.1) is 0 Å². The van der Waals surface area contributed by atoms with E-state index in [4.69, 9.17) is 4.74 Å². The van der Waals surface area contributed by atoms with Gasteiger partial charge in [-0.3, -0.25) is 4.79 Å². The summed E-state index contributed by atoms with van der Waals surface area (Å²) in [5.74, 6) is -0.693. The number of ketones is 1. The summed E-state index contributed by atoms with van der Waals surface area (Å²) >= 11 is 0. The number of nitrogens with one attached hydrogen (secondary N) is 1. The van der Waals surface area contributed by atoms with Gasteiger partial charge in [-0.1, -0.05) is 72.8 Å². The Morgan fingerprint density at radius 3 is 2.19 bits per heavy atom. The third-order valence-corrected chi connectivity index (χ3v) is 7.27. The molecule has 3 aromatic rings. The van der Waals surface area contributed by atoms with Crippen molar-refractivity contribution in [1.82, 2.24) is 5.32 Å². The average molecular weight is 493 g/mol. The highest BCUT2D eigenvalue weighted by atomic mass is 16.5. The van der Waals surface area contributed by atoms with Crippen LogP contribution in [0.3, 0.4) is 0 Å². The monoisotopic (exact) mass is 492 g/mol. The third kappa shape index (κ3) is 5.08. The first kappa shape index (κ1) is 24.6. The number of Topliss-reactive ketones (excluding diaryl/α,β-unsaturated/α-hetero) is 1. The second-order valence-corrected chi connectivity index (χ2v) is 9.98. The minimum atomic E-state index is -0.472. The van der Waals surface area contributed by atoms with Crippen molar-refractivity contribution < 1.29 is 14.3 Å². The molecule has 2 aliphatic rings. The van der Waals surface area contributed by atoms with E-state index in [0.29, 0.717) is 17.6 Å². The maximum absolute atomic E-state index is 13.7. The zero-order chi connectivity index (χ0) is 25.9. The predicted molar refractivity (Wildman–Crippen MR) is 146 cm³/mol. The Hall–Kier alpha value is -4.12. The zero-order valence-electron chi connectivity index (χ0n) is 21.5. The highest BCUT2D eigenvalue weighted by Gasteiger charge is 2.41. The van der Waals surface area contributed by atoms with Gasteiger partial charge >= 0.3 is 5.97 Å². The van der Waals surface area contributed by atoms with Crippen LogP contribution in [0.25, 0.3) is 0 Å². The molecule has 1 aliphatic heterocycles. The first-order valence-electron chi connectivity index (χ1n) is 12.7. The Labute approximate surface area is 218 Å². The molecular weight excluding hydrogens is 460 g/mol. The standard InChI is InChI=1S/C32H32N2O3/c1-21-29(32(36)37-20-22-10-6-4-7-11-22)30(24-14-16-26(17-15-24)34(2)3)31-27(33-21)18-25(19-28(31)35)23-12-8-5-9-13-23/h4-17,25,30,33H,18-20H2,1-3H3/t25-,30-/m1/s1. The molecule has 0 unspecified atom stereocenters. The lowest BCUT2D eigenvalue weighted by molar-refractivity contribution is -0.140. The third-order valence-electron chi connectivity index (χ3n) is 7.27. The number of carbonyl (C=O) groups excluding carboxylic acids is 2. The molecule has 0 bridgehead atoms. The average Bonchev–Trinajstić information content (AvgIpc) is 2.92. The van der Waals surface area contributed by atoms with Gasteiger partial charge in [0.15, 0.2) is 5.78 Å². The molecule has 0 saturated heterocycles. The Balaban J connectivity index is 1.52. The van der Waals surface area contributed by atoms with Gasteiger partial charge in [-0.05, 0) is 48.1 Å². The van der Waals surface area contributed by atoms with E-state index in [0.717, 1.165) is 40.2 Å². The van der Waals surface area contributed by atoms with Crippen LogP contribution in [0.15, 0.2) is 107 Å². The molecule has 0 spiro atoms. The lowest BCUT2D eigenvalue weighted by atomic mass is 9.71. The van der Waals surface area contributed by atoms with E-state index < -0.39 is 11.9 Å². The van der Waals surface area contributed by atoms with Crippen molar-refractivity contribution in [3.8, 4) is 0 Å². The number of hydrogen-bond acceptors (Lipinski definition) is 5. The van der Waals surface area contributed by atoms with Gasteiger partial charge in [0.05, 0.1) is 5.57 Å². The fraction of sp³-hybridized carbons (Fsp3) is 0.250. The number of esters is 1. The summed E-state index contributed by atoms with van der Waals surface area (Å²) in [6.45, 7) is 2.08. The Morgan fingerprint density at radius 2 is 1.54 bits per heavy atom. The lowest BCUT2D eigenvalue weighted by Crippen LogP contribution is -2.36. The summed E-state index contributed by atoms with van der Waals surface area (Å²) in [5.41, 5.74) is 6.87. The zero-order valence-corrected chi connectivity index (χ0v) is 21.5. The molecule has 188 valence electrons. The number of ether oxygens (including phenoxy) is 1. The first-order valence-corrected chi connectivity index (χ1v) is 12.7. The first-order chi connectivity index (χ1) is 17.9. The second kappa shape index (κ2) is 10.5. The van der Waals surface area contributed by atoms with Crippen molar-refractivity contribution >= 4 is 17.4 Å². The van der Waals surface area contributed by atoms with Gasteiger partial charge in [-0.25, -0.2) is 4.79 Å². The van der Waals surface area contributed by atoms with Gasteiger partial charge in [0, 0.05) is 49.1 Å². The van der Waals surface area contributed by atoms with Crippen LogP contribution < -0.4 is 10.2 Å². The van der Waals surface area contributed by atoms with E-state index >= 15 is 0 Å². The molecule has 0 radical (unpaired) electrons. The molecule has 1 aliphatic carbocycles. The number of hydrogen-bond donors (Lipinski definition) is 1. The van der Waals surface area contributed by atoms with Crippen molar-refractivity contribution in [1.29, 1.82) is 0 Å². The van der Waals surface area contributed by atoms with Crippen LogP contribution in [-0.4, -0.2) is 25.8 Å². The quantitative estimate of drug-likeness (QED) is 0.437. The molecule has 5 nitrogen and oxygen atoms in total. The molecule has 1 N–H and O–H groups in total. The molecule has 5 heteroatoms. The number of rotatable bonds is 6. The molecule has 0 amide bonds. The number of carbonyl (C=O) groups is 2. The fourth-order valence-corrected chi connectivity index (χ4v) is 5.37. The van der Waals surface area contributed by atoms with Gasteiger partial charge in [0.1, 0.15) is 6.61 Å². The normalized spacial score (nSPS) is 19.3. The van der Waals surface area contributed by atoms with Crippen LogP contribution in [0.4, 0.5) is 5.69 Å². The molecule has 5 rings (SSSR count). The predicted octanol–water partition coefficient (Wildman–Crippen LogP) is 5.86. The van der Waals surface area contributed by atoms with Gasteiger partial charge in [-0.15, -0.1) is 0 Å². The maximum atomic E-state index is 13.7. The smallest absolute Gasteiger partial charge is 0.337 e. The highest BCUT2D eigenvalue weighted by Crippen LogP contribution is 2.46. The molecule has 1 heterocycles. The Bertz CT molecular complexity index is 1360. The molecular formula is C32H32N2O3. The van der Waals surface area contributed by atoms with Crippen molar-refractivity contribution in [2.24, 2.45) is 0 Å². The number of benzene rings is 3. The van der Waals surface area contributed by atoms with E-state index in [1.165, 1.54) is 0 Å². The highest BCUT2D eigenvalue weighted by molar-refractivity contribution is 6.04. The molecule has 3 aromatic carbocycles. The molecule has 2 atom stereocenters. The van der Waals surface area contributed by atoms with Crippen molar-refractivity contribution in [2.75, 3.05) is 19.0 Å². The Kier molecular flexibility index (Phi) is 6.95. The second-order valence-electron chi connectivity index (χ2n) is 9.98. The Morgan fingerprint density at radius 1 is 0.892 bits per heavy atom. The summed E-state index contributed by atoms with van der Waals surface area (Å²) in [6.07, 6.45) is 1.14. The van der Waals surface area contributed by atoms with E-state index in [9.17, 15) is 9.59 Å². The summed E-state index contributed by atoms with van der Waals surface area (Å²) in [6, 6.07) is 27.9. The SMILES string of the molecule is CC1=C(C(=O)OCc2ccccc2)[C@@H](c2ccc(N(C)C)cc2)C2=C(C[C@@H](c3ccccc3)CC2=O)N1. The van der Waals surface area contributed by atoms with Gasteiger partial charge < -0.3 is 15.0 Å². The summed E-state index contributed by atoms with van der Waals surface area (Å²) in [4.78, 5) is 29.3. The minimum Gasteiger partial charge on any atom is -0.457 e. The fourth-order valence-electron chi connectivity index (χ4n) is 5.37. The van der Waals surface area contributed by atoms with Gasteiger partial charge in [0.2, 0.25) is 0 Å². The van der Waals surface area contributed by atoms with Crippen LogP contribution in [-0.2, 0) is 20.9 Å². The van der Waals surface area contributed by atoms with Crippen molar-refractivity contribution in [2.45, 2.75) is 38.2 Å². The topological polar surface area (TPSA) is 58.6 Å². The molecule has 0 saturated carbocycles. The van der Waals surface area contributed by atoms with E-state index in [2.05, 4.69) is 17.4 Å². The van der Waals surface area contributed by atoms with Gasteiger partial charge in [0.25, 0.3) is 0 Å². The van der Waals surface area contributed by atoms with Crippen LogP contribution in [0.1, 0.15) is 48.3 Å². The number of nitrogens with zero attached hydrogens (tertiary/aromatic N) is 1. The number of dihydropyridines is 1. The summed E-state index contributed by atoms with van der Waals surface area (Å²) in [7, 11) is 3.98. The summed E-state index contributed by atoms with van der Waals surface area (Å²) in [5, 5.41) is 3.44. The molecule has 0 aromatic heterocycles. The minimum absolute atomic E-state index is 0.0742. The number of allylic oxidation sites excluding steroid dienone is 3. The van der Waals surface area contributed by atoms with Crippen molar-refractivity contribution in [3.63, 3.8) is 0 Å². The van der Waals surface area contributed by atoms with Gasteiger partial charge in [-0.2, -0.15) is 0 Å². The maximum Gasteiger partial charge on any atom is 0.337 e. The number of anilines is 1. The lowest BCUT2D eigenvalue weighted by Gasteiger charge is -2.36.